The van der Waals surface area contributed by atoms with Crippen molar-refractivity contribution in [3.63, 3.8) is 0 Å². The summed E-state index contributed by atoms with van der Waals surface area (Å²) in [5, 5.41) is 14.8. The second-order valence-electron chi connectivity index (χ2n) is 7.32. The summed E-state index contributed by atoms with van der Waals surface area (Å²) >= 11 is 1.41. The average Bonchev–Trinajstić information content (AvgIpc) is 3.22. The lowest BCUT2D eigenvalue weighted by atomic mass is 10.1. The van der Waals surface area contributed by atoms with Gasteiger partial charge in [0.1, 0.15) is 16.5 Å². The first-order chi connectivity index (χ1) is 14.1. The fourth-order valence-corrected chi connectivity index (χ4v) is 4.07. The fourth-order valence-electron chi connectivity index (χ4n) is 3.27. The van der Waals surface area contributed by atoms with Gasteiger partial charge in [-0.15, -0.1) is 11.3 Å². The monoisotopic (exact) mass is 408 g/mol. The number of aromatic nitrogens is 1. The van der Waals surface area contributed by atoms with Gasteiger partial charge in [-0.2, -0.15) is 0 Å². The van der Waals surface area contributed by atoms with Crippen LogP contribution in [0.25, 0.3) is 10.6 Å². The van der Waals surface area contributed by atoms with E-state index in [0.717, 1.165) is 49.0 Å². The number of carbonyl (C=O) groups excluding carboxylic acids is 1. The molecule has 29 heavy (non-hydrogen) atoms. The number of phenolic OH excluding ortho intramolecular Hbond substituents is 1. The maximum absolute atomic E-state index is 12.5. The molecule has 0 unspecified atom stereocenters. The highest BCUT2D eigenvalue weighted by Crippen LogP contribution is 2.25. The molecule has 7 heteroatoms. The topological polar surface area (TPSA) is 68.7 Å². The molecule has 150 valence electrons. The van der Waals surface area contributed by atoms with E-state index in [4.69, 9.17) is 0 Å². The van der Waals surface area contributed by atoms with Crippen LogP contribution < -0.4 is 5.32 Å². The van der Waals surface area contributed by atoms with Crippen LogP contribution in [0.4, 0.5) is 5.69 Å². The highest BCUT2D eigenvalue weighted by Gasteiger charge is 2.15. The second kappa shape index (κ2) is 8.73. The third-order valence-electron chi connectivity index (χ3n) is 5.06. The van der Waals surface area contributed by atoms with E-state index in [1.165, 1.54) is 16.9 Å². The SMILES string of the molecule is CN1CCN(Cc2ccc(NC(=O)c3csc(-c4ccc(O)cc4)n3)cc2)CC1. The quantitative estimate of drug-likeness (QED) is 0.676. The molecular weight excluding hydrogens is 384 g/mol. The zero-order valence-corrected chi connectivity index (χ0v) is 17.2. The van der Waals surface area contributed by atoms with Crippen molar-refractivity contribution in [1.82, 2.24) is 14.8 Å². The van der Waals surface area contributed by atoms with Crippen molar-refractivity contribution < 1.29 is 9.90 Å². The number of carbonyl (C=O) groups is 1. The van der Waals surface area contributed by atoms with E-state index in [-0.39, 0.29) is 11.7 Å². The molecule has 6 nitrogen and oxygen atoms in total. The van der Waals surface area contributed by atoms with Crippen LogP contribution in [0.2, 0.25) is 0 Å². The standard InChI is InChI=1S/C22H24N4O2S/c1-25-10-12-26(13-11-25)14-16-2-6-18(7-3-16)23-21(28)20-15-29-22(24-20)17-4-8-19(27)9-5-17/h2-9,15,27H,10-14H2,1H3,(H,23,28). The first-order valence-electron chi connectivity index (χ1n) is 9.63. The highest BCUT2D eigenvalue weighted by molar-refractivity contribution is 7.13. The Labute approximate surface area is 174 Å². The number of likely N-dealkylation sites (N-methyl/N-ethyl adjacent to an activating group) is 1. The van der Waals surface area contributed by atoms with Gasteiger partial charge in [0, 0.05) is 49.4 Å². The predicted octanol–water partition coefficient (Wildman–Crippen LogP) is 3.52. The summed E-state index contributed by atoms with van der Waals surface area (Å²) in [6.07, 6.45) is 0. The van der Waals surface area contributed by atoms with E-state index in [2.05, 4.69) is 39.3 Å². The number of benzene rings is 2. The lowest BCUT2D eigenvalue weighted by Gasteiger charge is -2.32. The molecule has 0 aliphatic carbocycles. The highest BCUT2D eigenvalue weighted by atomic mass is 32.1. The predicted molar refractivity (Wildman–Crippen MR) is 116 cm³/mol. The minimum absolute atomic E-state index is 0.208. The Morgan fingerprint density at radius 1 is 1.07 bits per heavy atom. The van der Waals surface area contributed by atoms with Gasteiger partial charge in [0.2, 0.25) is 0 Å². The Kier molecular flexibility index (Phi) is 5.89. The van der Waals surface area contributed by atoms with Gasteiger partial charge < -0.3 is 15.3 Å². The minimum Gasteiger partial charge on any atom is -0.508 e. The molecule has 1 aromatic heterocycles. The number of nitrogens with one attached hydrogen (secondary N) is 1. The molecule has 2 heterocycles. The molecule has 1 fully saturated rings. The molecule has 3 aromatic rings. The third kappa shape index (κ3) is 5.00. The summed E-state index contributed by atoms with van der Waals surface area (Å²) in [5.41, 5.74) is 3.27. The van der Waals surface area contributed by atoms with Crippen LogP contribution in [0.3, 0.4) is 0 Å². The lowest BCUT2D eigenvalue weighted by molar-refractivity contribution is 0.102. The van der Waals surface area contributed by atoms with Crippen LogP contribution in [-0.4, -0.2) is 59.0 Å². The number of aromatic hydroxyl groups is 1. The van der Waals surface area contributed by atoms with Crippen molar-refractivity contribution in [1.29, 1.82) is 0 Å². The van der Waals surface area contributed by atoms with E-state index < -0.39 is 0 Å². The molecule has 1 amide bonds. The second-order valence-corrected chi connectivity index (χ2v) is 8.17. The molecule has 0 radical (unpaired) electrons. The Bertz CT molecular complexity index is 961. The van der Waals surface area contributed by atoms with E-state index >= 15 is 0 Å². The minimum atomic E-state index is -0.224. The number of hydrogen-bond donors (Lipinski definition) is 2. The number of phenols is 1. The number of nitrogens with zero attached hydrogens (tertiary/aromatic N) is 3. The zero-order chi connectivity index (χ0) is 20.2. The van der Waals surface area contributed by atoms with Crippen LogP contribution in [0.1, 0.15) is 16.1 Å². The number of rotatable bonds is 5. The first kappa shape index (κ1) is 19.6. The Balaban J connectivity index is 1.35. The number of piperazine rings is 1. The van der Waals surface area contributed by atoms with Crippen molar-refractivity contribution in [2.75, 3.05) is 38.5 Å². The summed E-state index contributed by atoms with van der Waals surface area (Å²) in [5.74, 6) is -0.0163. The molecule has 1 aliphatic heterocycles. The summed E-state index contributed by atoms with van der Waals surface area (Å²) in [6.45, 7) is 5.32. The van der Waals surface area contributed by atoms with Crippen molar-refractivity contribution in [3.05, 3.63) is 65.2 Å². The molecule has 0 bridgehead atoms. The maximum atomic E-state index is 12.5. The van der Waals surface area contributed by atoms with Crippen LogP contribution >= 0.6 is 11.3 Å². The molecule has 0 saturated carbocycles. The van der Waals surface area contributed by atoms with Crippen LogP contribution in [-0.2, 0) is 6.54 Å². The smallest absolute Gasteiger partial charge is 0.275 e. The number of anilines is 1. The van der Waals surface area contributed by atoms with Gasteiger partial charge >= 0.3 is 0 Å². The number of amides is 1. The Morgan fingerprint density at radius 2 is 1.76 bits per heavy atom. The summed E-state index contributed by atoms with van der Waals surface area (Å²) in [7, 11) is 2.16. The summed E-state index contributed by atoms with van der Waals surface area (Å²) < 4.78 is 0. The first-order valence-corrected chi connectivity index (χ1v) is 10.5. The average molecular weight is 409 g/mol. The number of thiazole rings is 1. The van der Waals surface area contributed by atoms with Crippen LogP contribution in [0, 0.1) is 0 Å². The normalized spacial score (nSPS) is 15.3. The molecule has 2 N–H and O–H groups in total. The van der Waals surface area contributed by atoms with Crippen LogP contribution in [0.15, 0.2) is 53.9 Å². The lowest BCUT2D eigenvalue weighted by Crippen LogP contribution is -2.43. The maximum Gasteiger partial charge on any atom is 0.275 e. The zero-order valence-electron chi connectivity index (χ0n) is 16.3. The number of hydrogen-bond acceptors (Lipinski definition) is 6. The van der Waals surface area contributed by atoms with Crippen molar-refractivity contribution in [2.24, 2.45) is 0 Å². The largest absolute Gasteiger partial charge is 0.508 e. The van der Waals surface area contributed by atoms with Gasteiger partial charge in [-0.3, -0.25) is 9.69 Å². The molecule has 0 spiro atoms. The van der Waals surface area contributed by atoms with Crippen LogP contribution in [0.5, 0.6) is 5.75 Å². The van der Waals surface area contributed by atoms with E-state index in [9.17, 15) is 9.90 Å². The van der Waals surface area contributed by atoms with Gasteiger partial charge in [-0.05, 0) is 49.0 Å². The van der Waals surface area contributed by atoms with Gasteiger partial charge in [-0.25, -0.2) is 4.98 Å². The van der Waals surface area contributed by atoms with E-state index in [1.807, 2.05) is 12.1 Å². The third-order valence-corrected chi connectivity index (χ3v) is 5.96. The van der Waals surface area contributed by atoms with E-state index in [0.29, 0.717) is 5.69 Å². The molecule has 1 aliphatic rings. The van der Waals surface area contributed by atoms with Crippen molar-refractivity contribution in [2.45, 2.75) is 6.54 Å². The Morgan fingerprint density at radius 3 is 2.45 bits per heavy atom. The Hall–Kier alpha value is -2.74. The fraction of sp³-hybridized carbons (Fsp3) is 0.273. The van der Waals surface area contributed by atoms with Crippen molar-refractivity contribution >= 4 is 22.9 Å². The molecule has 4 rings (SSSR count). The molecule has 2 aromatic carbocycles. The van der Waals surface area contributed by atoms with Gasteiger partial charge in [-0.1, -0.05) is 12.1 Å². The summed E-state index contributed by atoms with van der Waals surface area (Å²) in [6, 6.07) is 14.8. The van der Waals surface area contributed by atoms with Crippen molar-refractivity contribution in [3.8, 4) is 16.3 Å². The van der Waals surface area contributed by atoms with Gasteiger partial charge in [0.05, 0.1) is 0 Å². The summed E-state index contributed by atoms with van der Waals surface area (Å²) in [4.78, 5) is 21.7. The van der Waals surface area contributed by atoms with Gasteiger partial charge in [0.15, 0.2) is 0 Å². The molecule has 0 atom stereocenters. The van der Waals surface area contributed by atoms with Gasteiger partial charge in [0.25, 0.3) is 5.91 Å². The molecule has 1 saturated heterocycles. The molecular formula is C22H24N4O2S. The van der Waals surface area contributed by atoms with E-state index in [1.54, 1.807) is 29.6 Å².